The van der Waals surface area contributed by atoms with Gasteiger partial charge in [0, 0.05) is 38.5 Å². The van der Waals surface area contributed by atoms with Gasteiger partial charge in [0.25, 0.3) is 0 Å². The molecular weight excluding hydrogens is 531 g/mol. The average molecular weight is 571 g/mol. The van der Waals surface area contributed by atoms with Crippen LogP contribution in [0, 0.1) is 13.8 Å². The van der Waals surface area contributed by atoms with Crippen LogP contribution in [0.3, 0.4) is 0 Å². The Morgan fingerprint density at radius 1 is 1.35 bits per heavy atom. The fraction of sp³-hybridized carbons (Fsp3) is 0.800. The predicted octanol–water partition coefficient (Wildman–Crippen LogP) is 1.63. The molecule has 0 bridgehead atoms. The van der Waals surface area contributed by atoms with E-state index in [1.807, 2.05) is 25.6 Å². The first kappa shape index (κ1) is 28.1. The first-order valence-electron chi connectivity index (χ1n) is 10.8. The van der Waals surface area contributed by atoms with E-state index < -0.39 is 10.0 Å². The Morgan fingerprint density at radius 3 is 2.68 bits per heavy atom. The molecule has 2 atom stereocenters. The van der Waals surface area contributed by atoms with E-state index in [2.05, 4.69) is 39.3 Å². The molecule has 0 aromatic carbocycles. The van der Waals surface area contributed by atoms with Gasteiger partial charge in [0.05, 0.1) is 24.1 Å². The van der Waals surface area contributed by atoms with Crippen molar-refractivity contribution in [2.45, 2.75) is 65.5 Å². The third kappa shape index (κ3) is 9.62. The summed E-state index contributed by atoms with van der Waals surface area (Å²) >= 11 is 0. The van der Waals surface area contributed by atoms with Crippen LogP contribution in [0.15, 0.2) is 4.99 Å². The summed E-state index contributed by atoms with van der Waals surface area (Å²) in [6, 6.07) is 0.127. The number of aryl methyl sites for hydroxylation is 2. The van der Waals surface area contributed by atoms with Crippen molar-refractivity contribution in [1.29, 1.82) is 0 Å². The average Bonchev–Trinajstić information content (AvgIpc) is 2.93. The van der Waals surface area contributed by atoms with E-state index >= 15 is 0 Å². The molecule has 0 spiro atoms. The summed E-state index contributed by atoms with van der Waals surface area (Å²) in [5.41, 5.74) is 3.41. The SMILES string of the molecule is CCNC(=NCCS(=O)(=O)NCC1CCCCO1)NC(C)Cc1c(C)nn(C)c1C.I. The van der Waals surface area contributed by atoms with Crippen LogP contribution >= 0.6 is 24.0 Å². The van der Waals surface area contributed by atoms with E-state index in [4.69, 9.17) is 4.74 Å². The van der Waals surface area contributed by atoms with Crippen molar-refractivity contribution >= 4 is 40.0 Å². The second-order valence-corrected chi connectivity index (χ2v) is 9.87. The Kier molecular flexibility index (Phi) is 12.3. The van der Waals surface area contributed by atoms with Crippen molar-refractivity contribution in [3.8, 4) is 0 Å². The summed E-state index contributed by atoms with van der Waals surface area (Å²) < 4.78 is 34.7. The van der Waals surface area contributed by atoms with Crippen molar-refractivity contribution in [2.75, 3.05) is 32.0 Å². The molecule has 1 aromatic rings. The number of rotatable bonds is 10. The molecule has 11 heteroatoms. The highest BCUT2D eigenvalue weighted by Gasteiger charge is 2.18. The van der Waals surface area contributed by atoms with Crippen LogP contribution in [-0.2, 0) is 28.2 Å². The van der Waals surface area contributed by atoms with E-state index in [1.54, 1.807) is 0 Å². The summed E-state index contributed by atoms with van der Waals surface area (Å²) in [5.74, 6) is 0.570. The van der Waals surface area contributed by atoms with E-state index in [0.717, 1.165) is 37.1 Å². The lowest BCUT2D eigenvalue weighted by molar-refractivity contribution is 0.0200. The largest absolute Gasteiger partial charge is 0.377 e. The number of hydrogen-bond acceptors (Lipinski definition) is 5. The van der Waals surface area contributed by atoms with E-state index in [9.17, 15) is 8.42 Å². The molecule has 31 heavy (non-hydrogen) atoms. The quantitative estimate of drug-likeness (QED) is 0.224. The van der Waals surface area contributed by atoms with Gasteiger partial charge in [-0.15, -0.1) is 24.0 Å². The van der Waals surface area contributed by atoms with E-state index in [1.165, 1.54) is 5.56 Å². The van der Waals surface area contributed by atoms with E-state index in [0.29, 0.717) is 25.7 Å². The lowest BCUT2D eigenvalue weighted by Crippen LogP contribution is -2.43. The zero-order chi connectivity index (χ0) is 22.1. The second-order valence-electron chi connectivity index (χ2n) is 7.94. The van der Waals surface area contributed by atoms with Crippen LogP contribution in [0.25, 0.3) is 0 Å². The predicted molar refractivity (Wildman–Crippen MR) is 136 cm³/mol. The zero-order valence-electron chi connectivity index (χ0n) is 19.4. The molecular formula is C20H39IN6O3S. The van der Waals surface area contributed by atoms with Gasteiger partial charge in [0.15, 0.2) is 5.96 Å². The highest BCUT2D eigenvalue weighted by molar-refractivity contribution is 14.0. The summed E-state index contributed by atoms with van der Waals surface area (Å²) in [5, 5.41) is 11.0. The van der Waals surface area contributed by atoms with Crippen molar-refractivity contribution in [2.24, 2.45) is 12.0 Å². The molecule has 1 aromatic heterocycles. The highest BCUT2D eigenvalue weighted by Crippen LogP contribution is 2.14. The molecule has 1 saturated heterocycles. The molecule has 9 nitrogen and oxygen atoms in total. The molecule has 0 amide bonds. The van der Waals surface area contributed by atoms with Crippen LogP contribution in [-0.4, -0.2) is 68.3 Å². The normalized spacial score (nSPS) is 18.4. The summed E-state index contributed by atoms with van der Waals surface area (Å²) in [6.45, 7) is 10.1. The van der Waals surface area contributed by atoms with Crippen LogP contribution < -0.4 is 15.4 Å². The molecule has 2 rings (SSSR count). The first-order chi connectivity index (χ1) is 14.2. The molecule has 1 fully saturated rings. The highest BCUT2D eigenvalue weighted by atomic mass is 127. The number of nitrogens with one attached hydrogen (secondary N) is 3. The maximum Gasteiger partial charge on any atom is 0.213 e. The standard InChI is InChI=1S/C20H38N6O3S.HI/c1-6-21-20(24-15(2)13-19-16(3)25-26(5)17(19)4)22-10-12-30(27,28)23-14-18-9-7-8-11-29-18;/h15,18,23H,6-14H2,1-5H3,(H2,21,22,24);1H. The Bertz CT molecular complexity index is 806. The smallest absolute Gasteiger partial charge is 0.213 e. The minimum atomic E-state index is -3.38. The number of hydrogen-bond donors (Lipinski definition) is 3. The Labute approximate surface area is 204 Å². The van der Waals surface area contributed by atoms with Crippen LogP contribution in [0.2, 0.25) is 0 Å². The van der Waals surface area contributed by atoms with Gasteiger partial charge in [-0.1, -0.05) is 0 Å². The Morgan fingerprint density at radius 2 is 2.10 bits per heavy atom. The summed E-state index contributed by atoms with van der Waals surface area (Å²) in [6.07, 6.45) is 3.85. The molecule has 0 radical (unpaired) electrons. The van der Waals surface area contributed by atoms with Crippen LogP contribution in [0.1, 0.15) is 50.1 Å². The van der Waals surface area contributed by atoms with Crippen molar-refractivity contribution in [1.82, 2.24) is 25.1 Å². The number of guanidine groups is 1. The monoisotopic (exact) mass is 570 g/mol. The molecule has 2 heterocycles. The summed E-state index contributed by atoms with van der Waals surface area (Å²) in [4.78, 5) is 4.45. The van der Waals surface area contributed by atoms with Crippen molar-refractivity contribution < 1.29 is 13.2 Å². The third-order valence-corrected chi connectivity index (χ3v) is 6.66. The van der Waals surface area contributed by atoms with Gasteiger partial charge in [-0.05, 0) is 58.9 Å². The van der Waals surface area contributed by atoms with Gasteiger partial charge in [-0.25, -0.2) is 13.1 Å². The number of aliphatic imine (C=N–C) groups is 1. The molecule has 1 aliphatic heterocycles. The van der Waals surface area contributed by atoms with Gasteiger partial charge >= 0.3 is 0 Å². The van der Waals surface area contributed by atoms with Gasteiger partial charge in [-0.3, -0.25) is 9.67 Å². The fourth-order valence-corrected chi connectivity index (χ4v) is 4.48. The van der Waals surface area contributed by atoms with E-state index in [-0.39, 0.29) is 48.4 Å². The number of halogens is 1. The molecule has 0 saturated carbocycles. The van der Waals surface area contributed by atoms with Crippen molar-refractivity contribution in [3.63, 3.8) is 0 Å². The molecule has 180 valence electrons. The molecule has 0 aliphatic carbocycles. The van der Waals surface area contributed by atoms with Crippen molar-refractivity contribution in [3.05, 3.63) is 17.0 Å². The topological polar surface area (TPSA) is 110 Å². The van der Waals surface area contributed by atoms with Gasteiger partial charge in [0.1, 0.15) is 0 Å². The third-order valence-electron chi connectivity index (χ3n) is 5.33. The minimum absolute atomic E-state index is 0. The lowest BCUT2D eigenvalue weighted by atomic mass is 10.1. The maximum absolute atomic E-state index is 12.3. The van der Waals surface area contributed by atoms with Crippen LogP contribution in [0.4, 0.5) is 0 Å². The van der Waals surface area contributed by atoms with Gasteiger partial charge in [0.2, 0.25) is 10.0 Å². The first-order valence-corrected chi connectivity index (χ1v) is 12.5. The maximum atomic E-state index is 12.3. The van der Waals surface area contributed by atoms with Gasteiger partial charge in [-0.2, -0.15) is 5.10 Å². The minimum Gasteiger partial charge on any atom is -0.377 e. The number of sulfonamides is 1. The molecule has 3 N–H and O–H groups in total. The number of ether oxygens (including phenoxy) is 1. The second kappa shape index (κ2) is 13.6. The number of aromatic nitrogens is 2. The zero-order valence-corrected chi connectivity index (χ0v) is 22.5. The Balaban J connectivity index is 0.00000480. The fourth-order valence-electron chi connectivity index (χ4n) is 3.56. The van der Waals surface area contributed by atoms with Gasteiger partial charge < -0.3 is 15.4 Å². The molecule has 2 unspecified atom stereocenters. The van der Waals surface area contributed by atoms with Crippen LogP contribution in [0.5, 0.6) is 0 Å². The lowest BCUT2D eigenvalue weighted by Gasteiger charge is -2.22. The number of nitrogens with zero attached hydrogens (tertiary/aromatic N) is 3. The summed E-state index contributed by atoms with van der Waals surface area (Å²) in [7, 11) is -1.43. The Hall–Kier alpha value is -0.920. The molecule has 1 aliphatic rings.